The summed E-state index contributed by atoms with van der Waals surface area (Å²) in [5.41, 5.74) is 0. The third-order valence-corrected chi connectivity index (χ3v) is 7.54. The van der Waals surface area contributed by atoms with E-state index in [1.807, 2.05) is 0 Å². The van der Waals surface area contributed by atoms with E-state index in [0.717, 1.165) is 64.5 Å². The van der Waals surface area contributed by atoms with Crippen LogP contribution in [-0.4, -0.2) is 85.9 Å². The monoisotopic (exact) mass is 369 g/mol. The van der Waals surface area contributed by atoms with Crippen LogP contribution in [0, 0.1) is 0 Å². The van der Waals surface area contributed by atoms with Crippen LogP contribution in [0.15, 0.2) is 11.1 Å². The van der Waals surface area contributed by atoms with Gasteiger partial charge in [0.15, 0.2) is 10.8 Å². The summed E-state index contributed by atoms with van der Waals surface area (Å²) in [5, 5.41) is 4.69. The molecule has 0 saturated carbocycles. The van der Waals surface area contributed by atoms with Crippen LogP contribution in [0.3, 0.4) is 0 Å². The van der Waals surface area contributed by atoms with Crippen LogP contribution in [0.5, 0.6) is 0 Å². The Balaban J connectivity index is 1.43. The van der Waals surface area contributed by atoms with E-state index in [0.29, 0.717) is 24.2 Å². The van der Waals surface area contributed by atoms with Gasteiger partial charge >= 0.3 is 0 Å². The first-order valence-corrected chi connectivity index (χ1v) is 10.6. The molecule has 4 heterocycles. The first kappa shape index (κ1) is 17.3. The number of sulfonamides is 1. The molecule has 0 spiro atoms. The molecular formula is C16H27N5O3S. The van der Waals surface area contributed by atoms with Gasteiger partial charge in [-0.3, -0.25) is 9.58 Å². The van der Waals surface area contributed by atoms with Gasteiger partial charge in [0.2, 0.25) is 0 Å². The predicted molar refractivity (Wildman–Crippen MR) is 94.2 cm³/mol. The van der Waals surface area contributed by atoms with Crippen LogP contribution < -0.4 is 4.90 Å². The quantitative estimate of drug-likeness (QED) is 0.751. The standard InChI is InChI=1S/C16H27N5O3S/c1-18-16(13-15(17-18)20-5-2-6-20)25(22,23)21-9-7-19(8-10-21)14-3-11-24-12-4-14/h13-14H,2-12H2,1H3. The number of rotatable bonds is 4. The van der Waals surface area contributed by atoms with Crippen molar-refractivity contribution < 1.29 is 13.2 Å². The average molecular weight is 369 g/mol. The zero-order valence-electron chi connectivity index (χ0n) is 14.8. The van der Waals surface area contributed by atoms with Gasteiger partial charge in [0.1, 0.15) is 0 Å². The Labute approximate surface area is 149 Å². The largest absolute Gasteiger partial charge is 0.381 e. The SMILES string of the molecule is Cn1nc(N2CCC2)cc1S(=O)(=O)N1CCN(C2CCOCC2)CC1. The predicted octanol–water partition coefficient (Wildman–Crippen LogP) is 0.116. The normalized spacial score (nSPS) is 24.4. The van der Waals surface area contributed by atoms with Gasteiger partial charge in [0.25, 0.3) is 10.0 Å². The molecular weight excluding hydrogens is 342 g/mol. The van der Waals surface area contributed by atoms with Gasteiger partial charge in [0.05, 0.1) is 0 Å². The van der Waals surface area contributed by atoms with Gasteiger partial charge < -0.3 is 9.64 Å². The summed E-state index contributed by atoms with van der Waals surface area (Å²) >= 11 is 0. The van der Waals surface area contributed by atoms with E-state index in [-0.39, 0.29) is 0 Å². The molecule has 0 N–H and O–H groups in total. The lowest BCUT2D eigenvalue weighted by Gasteiger charge is -2.40. The van der Waals surface area contributed by atoms with Crippen LogP contribution in [-0.2, 0) is 21.8 Å². The molecule has 3 fully saturated rings. The Bertz CT molecular complexity index is 701. The minimum absolute atomic E-state index is 0.300. The Kier molecular flexibility index (Phi) is 4.74. The van der Waals surface area contributed by atoms with E-state index in [1.54, 1.807) is 17.4 Å². The van der Waals surface area contributed by atoms with Crippen LogP contribution in [0.2, 0.25) is 0 Å². The summed E-state index contributed by atoms with van der Waals surface area (Å²) in [4.78, 5) is 4.53. The summed E-state index contributed by atoms with van der Waals surface area (Å²) in [6.07, 6.45) is 3.24. The second kappa shape index (κ2) is 6.86. The Hall–Kier alpha value is -1.16. The minimum Gasteiger partial charge on any atom is -0.381 e. The average Bonchev–Trinajstić information content (AvgIpc) is 2.96. The van der Waals surface area contributed by atoms with Gasteiger partial charge in [0, 0.05) is 71.6 Å². The number of nitrogens with zero attached hydrogens (tertiary/aromatic N) is 5. The maximum Gasteiger partial charge on any atom is 0.260 e. The topological polar surface area (TPSA) is 70.9 Å². The minimum atomic E-state index is -3.49. The van der Waals surface area contributed by atoms with Crippen LogP contribution in [0.1, 0.15) is 19.3 Å². The number of aryl methyl sites for hydroxylation is 1. The third-order valence-electron chi connectivity index (χ3n) is 5.59. The lowest BCUT2D eigenvalue weighted by atomic mass is 10.1. The molecule has 0 atom stereocenters. The number of aromatic nitrogens is 2. The molecule has 0 radical (unpaired) electrons. The number of anilines is 1. The fourth-order valence-corrected chi connectivity index (χ4v) is 5.41. The third kappa shape index (κ3) is 3.30. The number of hydrogen-bond acceptors (Lipinski definition) is 6. The van der Waals surface area contributed by atoms with Crippen molar-refractivity contribution in [2.45, 2.75) is 30.3 Å². The van der Waals surface area contributed by atoms with Crippen molar-refractivity contribution in [3.05, 3.63) is 6.07 Å². The molecule has 0 bridgehead atoms. The lowest BCUT2D eigenvalue weighted by Crippen LogP contribution is -2.53. The lowest BCUT2D eigenvalue weighted by molar-refractivity contribution is 0.0229. The molecule has 4 rings (SSSR count). The Morgan fingerprint density at radius 1 is 1.08 bits per heavy atom. The van der Waals surface area contributed by atoms with E-state index in [9.17, 15) is 8.42 Å². The smallest absolute Gasteiger partial charge is 0.260 e. The number of piperazine rings is 1. The van der Waals surface area contributed by atoms with Gasteiger partial charge in [-0.1, -0.05) is 0 Å². The van der Waals surface area contributed by atoms with E-state index in [2.05, 4.69) is 14.9 Å². The van der Waals surface area contributed by atoms with E-state index < -0.39 is 10.0 Å². The van der Waals surface area contributed by atoms with Crippen molar-refractivity contribution in [1.29, 1.82) is 0 Å². The summed E-state index contributed by atoms with van der Waals surface area (Å²) in [5.74, 6) is 0.771. The first-order valence-electron chi connectivity index (χ1n) is 9.16. The van der Waals surface area contributed by atoms with Crippen molar-refractivity contribution in [2.75, 3.05) is 57.4 Å². The molecule has 0 aliphatic carbocycles. The molecule has 0 amide bonds. The highest BCUT2D eigenvalue weighted by molar-refractivity contribution is 7.89. The van der Waals surface area contributed by atoms with Crippen LogP contribution in [0.25, 0.3) is 0 Å². The molecule has 1 aromatic heterocycles. The van der Waals surface area contributed by atoms with Gasteiger partial charge in [-0.2, -0.15) is 9.40 Å². The number of hydrogen-bond donors (Lipinski definition) is 0. The Morgan fingerprint density at radius 3 is 2.36 bits per heavy atom. The van der Waals surface area contributed by atoms with Gasteiger partial charge in [-0.05, 0) is 19.3 Å². The van der Waals surface area contributed by atoms with Crippen LogP contribution >= 0.6 is 0 Å². The summed E-state index contributed by atoms with van der Waals surface area (Å²) in [6.45, 7) is 6.23. The zero-order valence-corrected chi connectivity index (χ0v) is 15.6. The molecule has 140 valence electrons. The van der Waals surface area contributed by atoms with Crippen molar-refractivity contribution >= 4 is 15.8 Å². The van der Waals surface area contributed by atoms with E-state index in [4.69, 9.17) is 4.74 Å². The molecule has 8 nitrogen and oxygen atoms in total. The van der Waals surface area contributed by atoms with Crippen LogP contribution in [0.4, 0.5) is 5.82 Å². The highest BCUT2D eigenvalue weighted by atomic mass is 32.2. The molecule has 3 aliphatic heterocycles. The Morgan fingerprint density at radius 2 is 1.76 bits per heavy atom. The molecule has 0 aromatic carbocycles. The second-order valence-electron chi connectivity index (χ2n) is 7.09. The fourth-order valence-electron chi connectivity index (χ4n) is 3.87. The second-order valence-corrected chi connectivity index (χ2v) is 8.97. The van der Waals surface area contributed by atoms with Crippen molar-refractivity contribution in [1.82, 2.24) is 19.0 Å². The molecule has 1 aromatic rings. The van der Waals surface area contributed by atoms with E-state index >= 15 is 0 Å². The molecule has 0 unspecified atom stereocenters. The molecule has 9 heteroatoms. The highest BCUT2D eigenvalue weighted by Crippen LogP contribution is 2.25. The maximum atomic E-state index is 13.0. The van der Waals surface area contributed by atoms with Crippen molar-refractivity contribution in [3.63, 3.8) is 0 Å². The summed E-state index contributed by atoms with van der Waals surface area (Å²) in [6, 6.07) is 2.26. The first-order chi connectivity index (χ1) is 12.1. The van der Waals surface area contributed by atoms with Crippen molar-refractivity contribution in [2.24, 2.45) is 7.05 Å². The summed E-state index contributed by atoms with van der Waals surface area (Å²) < 4.78 is 34.6. The van der Waals surface area contributed by atoms with Crippen molar-refractivity contribution in [3.8, 4) is 0 Å². The molecule has 3 aliphatic rings. The zero-order chi connectivity index (χ0) is 17.4. The molecule has 25 heavy (non-hydrogen) atoms. The fraction of sp³-hybridized carbons (Fsp3) is 0.812. The van der Waals surface area contributed by atoms with E-state index in [1.165, 1.54) is 4.68 Å². The summed E-state index contributed by atoms with van der Waals surface area (Å²) in [7, 11) is -1.77. The highest BCUT2D eigenvalue weighted by Gasteiger charge is 2.34. The van der Waals surface area contributed by atoms with Gasteiger partial charge in [-0.25, -0.2) is 8.42 Å². The maximum absolute atomic E-state index is 13.0. The molecule has 3 saturated heterocycles. The number of ether oxygens (including phenoxy) is 1. The van der Waals surface area contributed by atoms with Gasteiger partial charge in [-0.15, -0.1) is 0 Å².